The summed E-state index contributed by atoms with van der Waals surface area (Å²) in [5.41, 5.74) is 5.38. The number of carbonyl (C=O) groups excluding carboxylic acids is 1. The van der Waals surface area contributed by atoms with Gasteiger partial charge in [0.25, 0.3) is 0 Å². The van der Waals surface area contributed by atoms with E-state index in [1.165, 1.54) is 0 Å². The van der Waals surface area contributed by atoms with Crippen molar-refractivity contribution in [2.45, 2.75) is 25.8 Å². The van der Waals surface area contributed by atoms with Crippen LogP contribution < -0.4 is 5.73 Å². The first-order valence-electron chi connectivity index (χ1n) is 4.10. The van der Waals surface area contributed by atoms with Gasteiger partial charge in [-0.3, -0.25) is 4.79 Å². The molecule has 0 aliphatic heterocycles. The van der Waals surface area contributed by atoms with Gasteiger partial charge in [0, 0.05) is 13.1 Å². The second-order valence-electron chi connectivity index (χ2n) is 3.30. The summed E-state index contributed by atoms with van der Waals surface area (Å²) < 4.78 is 0. The average Bonchev–Trinajstić information content (AvgIpc) is 2.82. The number of nitrogens with two attached hydrogens (primary N) is 1. The van der Waals surface area contributed by atoms with E-state index < -0.39 is 0 Å². The summed E-state index contributed by atoms with van der Waals surface area (Å²) in [6.45, 7) is 1.75. The molecule has 0 saturated heterocycles. The van der Waals surface area contributed by atoms with Gasteiger partial charge in [0.1, 0.15) is 0 Å². The molecule has 68 valence electrons. The fraction of sp³-hybridized carbons (Fsp3) is 0.750. The van der Waals surface area contributed by atoms with E-state index in [-0.39, 0.29) is 16.8 Å². The Hall–Kier alpha value is -0.640. The van der Waals surface area contributed by atoms with Crippen LogP contribution in [0.5, 0.6) is 0 Å². The van der Waals surface area contributed by atoms with Gasteiger partial charge in [-0.1, -0.05) is 12.2 Å². The van der Waals surface area contributed by atoms with Crippen LogP contribution in [0, 0.1) is 5.92 Å². The molecule has 3 nitrogen and oxygen atoms in total. The van der Waals surface area contributed by atoms with Crippen LogP contribution >= 0.6 is 12.2 Å². The number of carbonyl (C=O) groups is 1. The molecule has 0 aromatic rings. The van der Waals surface area contributed by atoms with Crippen molar-refractivity contribution in [3.63, 3.8) is 0 Å². The molecule has 1 aliphatic rings. The second kappa shape index (κ2) is 3.39. The molecule has 0 aromatic heterocycles. The van der Waals surface area contributed by atoms with E-state index in [0.717, 1.165) is 12.8 Å². The highest BCUT2D eigenvalue weighted by Gasteiger charge is 2.32. The lowest BCUT2D eigenvalue weighted by Crippen LogP contribution is -2.38. The van der Waals surface area contributed by atoms with Crippen LogP contribution in [0.1, 0.15) is 19.8 Å². The molecule has 12 heavy (non-hydrogen) atoms. The molecule has 0 aromatic carbocycles. The van der Waals surface area contributed by atoms with Crippen molar-refractivity contribution >= 4 is 23.1 Å². The van der Waals surface area contributed by atoms with E-state index in [9.17, 15) is 4.79 Å². The SMILES string of the molecule is CC(C(=O)N(C)C1CC1)C(N)=S. The number of amides is 1. The molecule has 1 unspecified atom stereocenters. The number of nitrogens with zero attached hydrogens (tertiary/aromatic N) is 1. The van der Waals surface area contributed by atoms with Crippen molar-refractivity contribution in [2.75, 3.05) is 7.05 Å². The van der Waals surface area contributed by atoms with E-state index in [0.29, 0.717) is 6.04 Å². The summed E-state index contributed by atoms with van der Waals surface area (Å²) >= 11 is 4.75. The predicted octanol–water partition coefficient (Wildman–Crippen LogP) is 0.529. The molecule has 2 N–H and O–H groups in total. The van der Waals surface area contributed by atoms with Crippen molar-refractivity contribution in [2.24, 2.45) is 11.7 Å². The molecule has 0 heterocycles. The molecule has 1 fully saturated rings. The maximum Gasteiger partial charge on any atom is 0.232 e. The Morgan fingerprint density at radius 3 is 2.50 bits per heavy atom. The highest BCUT2D eigenvalue weighted by atomic mass is 32.1. The van der Waals surface area contributed by atoms with Crippen LogP contribution in [0.2, 0.25) is 0 Å². The molecule has 1 amide bonds. The Morgan fingerprint density at radius 1 is 1.67 bits per heavy atom. The third kappa shape index (κ3) is 1.94. The lowest BCUT2D eigenvalue weighted by atomic mass is 10.1. The average molecular weight is 186 g/mol. The Balaban J connectivity index is 2.50. The topological polar surface area (TPSA) is 46.3 Å². The molecule has 1 saturated carbocycles. The van der Waals surface area contributed by atoms with Gasteiger partial charge in [-0.05, 0) is 19.8 Å². The van der Waals surface area contributed by atoms with Crippen LogP contribution in [-0.2, 0) is 4.79 Å². The second-order valence-corrected chi connectivity index (χ2v) is 3.78. The molecule has 0 bridgehead atoms. The normalized spacial score (nSPS) is 18.5. The zero-order valence-corrected chi connectivity index (χ0v) is 8.23. The lowest BCUT2D eigenvalue weighted by Gasteiger charge is -2.19. The number of hydrogen-bond donors (Lipinski definition) is 1. The largest absolute Gasteiger partial charge is 0.393 e. The first-order chi connectivity index (χ1) is 5.54. The monoisotopic (exact) mass is 186 g/mol. The van der Waals surface area contributed by atoms with Gasteiger partial charge < -0.3 is 10.6 Å². The van der Waals surface area contributed by atoms with Crippen molar-refractivity contribution in [1.82, 2.24) is 4.90 Å². The van der Waals surface area contributed by atoms with Crippen LogP contribution in [0.15, 0.2) is 0 Å². The predicted molar refractivity (Wildman–Crippen MR) is 51.7 cm³/mol. The van der Waals surface area contributed by atoms with Crippen LogP contribution in [0.4, 0.5) is 0 Å². The van der Waals surface area contributed by atoms with Gasteiger partial charge >= 0.3 is 0 Å². The fourth-order valence-corrected chi connectivity index (χ4v) is 1.17. The third-order valence-corrected chi connectivity index (χ3v) is 2.59. The van der Waals surface area contributed by atoms with Crippen molar-refractivity contribution in [3.8, 4) is 0 Å². The summed E-state index contributed by atoms with van der Waals surface area (Å²) in [5.74, 6) is -0.268. The van der Waals surface area contributed by atoms with E-state index >= 15 is 0 Å². The zero-order chi connectivity index (χ0) is 9.30. The van der Waals surface area contributed by atoms with Gasteiger partial charge in [-0.25, -0.2) is 0 Å². The Morgan fingerprint density at radius 2 is 2.17 bits per heavy atom. The van der Waals surface area contributed by atoms with Crippen LogP contribution in [0.25, 0.3) is 0 Å². The highest BCUT2D eigenvalue weighted by Crippen LogP contribution is 2.26. The quantitative estimate of drug-likeness (QED) is 0.654. The first kappa shape index (κ1) is 9.45. The summed E-state index contributed by atoms with van der Waals surface area (Å²) in [7, 11) is 1.81. The summed E-state index contributed by atoms with van der Waals surface area (Å²) in [4.78, 5) is 13.6. The van der Waals surface area contributed by atoms with E-state index in [1.807, 2.05) is 7.05 Å². The molecule has 1 rings (SSSR count). The van der Waals surface area contributed by atoms with Gasteiger partial charge in [0.2, 0.25) is 5.91 Å². The number of hydrogen-bond acceptors (Lipinski definition) is 2. The molecule has 0 spiro atoms. The fourth-order valence-electron chi connectivity index (χ4n) is 1.07. The minimum atomic E-state index is -0.314. The smallest absolute Gasteiger partial charge is 0.232 e. The van der Waals surface area contributed by atoms with Gasteiger partial charge in [-0.2, -0.15) is 0 Å². The van der Waals surface area contributed by atoms with E-state index in [1.54, 1.807) is 11.8 Å². The third-order valence-electron chi connectivity index (χ3n) is 2.24. The Bertz CT molecular complexity index is 213. The highest BCUT2D eigenvalue weighted by molar-refractivity contribution is 7.80. The first-order valence-corrected chi connectivity index (χ1v) is 4.51. The van der Waals surface area contributed by atoms with E-state index in [4.69, 9.17) is 18.0 Å². The molecule has 1 atom stereocenters. The molecule has 1 aliphatic carbocycles. The van der Waals surface area contributed by atoms with Gasteiger partial charge in [0.05, 0.1) is 10.9 Å². The van der Waals surface area contributed by atoms with Crippen molar-refractivity contribution < 1.29 is 4.79 Å². The minimum absolute atomic E-state index is 0.0463. The molecule has 0 radical (unpaired) electrons. The summed E-state index contributed by atoms with van der Waals surface area (Å²) in [5, 5.41) is 0. The maximum atomic E-state index is 11.5. The standard InChI is InChI=1S/C8H14N2OS/c1-5(7(9)12)8(11)10(2)6-3-4-6/h5-6H,3-4H2,1-2H3,(H2,9,12). The molecular weight excluding hydrogens is 172 g/mol. The number of rotatable bonds is 3. The number of thiocarbonyl (C=S) groups is 1. The lowest BCUT2D eigenvalue weighted by molar-refractivity contribution is -0.132. The van der Waals surface area contributed by atoms with E-state index in [2.05, 4.69) is 0 Å². The molecular formula is C8H14N2OS. The van der Waals surface area contributed by atoms with Crippen molar-refractivity contribution in [1.29, 1.82) is 0 Å². The van der Waals surface area contributed by atoms with Crippen LogP contribution in [0.3, 0.4) is 0 Å². The zero-order valence-electron chi connectivity index (χ0n) is 7.41. The maximum absolute atomic E-state index is 11.5. The van der Waals surface area contributed by atoms with Crippen molar-refractivity contribution in [3.05, 3.63) is 0 Å². The Kier molecular flexibility index (Phi) is 2.67. The Labute approximate surface area is 77.9 Å². The summed E-state index contributed by atoms with van der Waals surface area (Å²) in [6.07, 6.45) is 2.23. The van der Waals surface area contributed by atoms with Gasteiger partial charge in [0.15, 0.2) is 0 Å². The van der Waals surface area contributed by atoms with Gasteiger partial charge in [-0.15, -0.1) is 0 Å². The molecule has 4 heteroatoms. The summed E-state index contributed by atoms with van der Waals surface area (Å²) in [6, 6.07) is 0.439. The van der Waals surface area contributed by atoms with Crippen LogP contribution in [-0.4, -0.2) is 28.9 Å². The minimum Gasteiger partial charge on any atom is -0.393 e.